The maximum atomic E-state index is 12.2. The van der Waals surface area contributed by atoms with Crippen LogP contribution in [-0.4, -0.2) is 36.3 Å². The predicted molar refractivity (Wildman–Crippen MR) is 113 cm³/mol. The number of hydrogen-bond donors (Lipinski definition) is 1. The van der Waals surface area contributed by atoms with Gasteiger partial charge in [0.25, 0.3) is 0 Å². The molecule has 0 spiro atoms. The molecule has 0 saturated heterocycles. The summed E-state index contributed by atoms with van der Waals surface area (Å²) in [5.74, 6) is 0.866. The summed E-state index contributed by atoms with van der Waals surface area (Å²) in [4.78, 5) is 23.7. The van der Waals surface area contributed by atoms with Gasteiger partial charge in [0.05, 0.1) is 26.2 Å². The molecule has 7 nitrogen and oxygen atoms in total. The highest BCUT2D eigenvalue weighted by molar-refractivity contribution is 8.00. The highest BCUT2D eigenvalue weighted by Gasteiger charge is 2.11. The normalized spacial score (nSPS) is 10.4. The fourth-order valence-electron chi connectivity index (χ4n) is 2.45. The van der Waals surface area contributed by atoms with Crippen molar-refractivity contribution in [1.82, 2.24) is 10.2 Å². The first-order valence-electron chi connectivity index (χ1n) is 8.63. The lowest BCUT2D eigenvalue weighted by Crippen LogP contribution is -2.14. The summed E-state index contributed by atoms with van der Waals surface area (Å²) in [5.41, 5.74) is 2.41. The molecule has 0 aliphatic heterocycles. The molecule has 0 bridgehead atoms. The molecule has 3 rings (SSSR count). The fraction of sp³-hybridized carbons (Fsp3) is 0.200. The molecule has 0 fully saturated rings. The van der Waals surface area contributed by atoms with Crippen LogP contribution in [0.25, 0.3) is 0 Å². The number of nitrogens with zero attached hydrogens (tertiary/aromatic N) is 2. The van der Waals surface area contributed by atoms with Gasteiger partial charge in [-0.05, 0) is 35.4 Å². The Balaban J connectivity index is 1.51. The van der Waals surface area contributed by atoms with Crippen molar-refractivity contribution in [1.29, 1.82) is 0 Å². The van der Waals surface area contributed by atoms with Crippen LogP contribution in [0.3, 0.4) is 0 Å². The summed E-state index contributed by atoms with van der Waals surface area (Å²) in [7, 11) is 2.95. The predicted octanol–water partition coefficient (Wildman–Crippen LogP) is 3.81. The average Bonchev–Trinajstić information content (AvgIpc) is 3.19. The molecule has 1 heterocycles. The molecule has 0 aliphatic carbocycles. The van der Waals surface area contributed by atoms with E-state index in [1.165, 1.54) is 30.2 Å². The third kappa shape index (κ3) is 6.03. The Morgan fingerprint density at radius 2 is 1.86 bits per heavy atom. The van der Waals surface area contributed by atoms with E-state index in [1.54, 1.807) is 19.2 Å². The number of anilines is 1. The van der Waals surface area contributed by atoms with Crippen molar-refractivity contribution < 1.29 is 19.1 Å². The van der Waals surface area contributed by atoms with E-state index in [2.05, 4.69) is 20.3 Å². The van der Waals surface area contributed by atoms with Gasteiger partial charge in [-0.25, -0.2) is 4.79 Å². The van der Waals surface area contributed by atoms with Crippen molar-refractivity contribution in [2.24, 2.45) is 0 Å². The highest BCUT2D eigenvalue weighted by Crippen LogP contribution is 2.28. The number of aromatic nitrogens is 2. The van der Waals surface area contributed by atoms with Crippen LogP contribution in [0.2, 0.25) is 0 Å². The van der Waals surface area contributed by atoms with Crippen molar-refractivity contribution in [2.45, 2.75) is 16.5 Å². The number of benzene rings is 2. The van der Waals surface area contributed by atoms with Crippen molar-refractivity contribution in [3.8, 4) is 5.75 Å². The second-order valence-electron chi connectivity index (χ2n) is 5.93. The Kier molecular flexibility index (Phi) is 7.20. The van der Waals surface area contributed by atoms with E-state index < -0.39 is 0 Å². The van der Waals surface area contributed by atoms with Gasteiger partial charge in [-0.1, -0.05) is 47.4 Å². The van der Waals surface area contributed by atoms with Gasteiger partial charge in [0, 0.05) is 5.75 Å². The first-order chi connectivity index (χ1) is 14.1. The smallest absolute Gasteiger partial charge is 0.337 e. The largest absolute Gasteiger partial charge is 0.497 e. The number of amides is 1. The molecule has 2 aromatic carbocycles. The quantitative estimate of drug-likeness (QED) is 0.331. The third-order valence-electron chi connectivity index (χ3n) is 3.89. The Bertz CT molecular complexity index is 989. The lowest BCUT2D eigenvalue weighted by atomic mass is 10.1. The number of ether oxygens (including phenoxy) is 2. The van der Waals surface area contributed by atoms with Crippen LogP contribution in [0.15, 0.2) is 52.9 Å². The summed E-state index contributed by atoms with van der Waals surface area (Å²) < 4.78 is 10.6. The van der Waals surface area contributed by atoms with Crippen LogP contribution in [0.1, 0.15) is 21.5 Å². The van der Waals surface area contributed by atoms with Crippen LogP contribution in [0.5, 0.6) is 5.75 Å². The van der Waals surface area contributed by atoms with E-state index in [0.29, 0.717) is 22.2 Å². The average molecular weight is 430 g/mol. The summed E-state index contributed by atoms with van der Waals surface area (Å²) >= 11 is 2.83. The molecule has 1 N–H and O–H groups in total. The SMILES string of the molecule is COC(=O)c1ccc(CSc2nnc(NC(=O)Cc3cccc(OC)c3)s2)cc1. The van der Waals surface area contributed by atoms with Gasteiger partial charge < -0.3 is 14.8 Å². The van der Waals surface area contributed by atoms with Crippen LogP contribution in [0.4, 0.5) is 5.13 Å². The van der Waals surface area contributed by atoms with Crippen molar-refractivity contribution in [2.75, 3.05) is 19.5 Å². The van der Waals surface area contributed by atoms with Crippen LogP contribution in [-0.2, 0) is 21.7 Å². The van der Waals surface area contributed by atoms with Crippen LogP contribution >= 0.6 is 23.1 Å². The minimum Gasteiger partial charge on any atom is -0.497 e. The van der Waals surface area contributed by atoms with Gasteiger partial charge in [0.15, 0.2) is 4.34 Å². The number of thioether (sulfide) groups is 1. The molecule has 0 radical (unpaired) electrons. The van der Waals surface area contributed by atoms with E-state index in [1.807, 2.05) is 36.4 Å². The summed E-state index contributed by atoms with van der Waals surface area (Å²) in [6.07, 6.45) is 0.228. The van der Waals surface area contributed by atoms with Gasteiger partial charge in [-0.15, -0.1) is 10.2 Å². The number of esters is 1. The molecule has 0 aliphatic rings. The molecule has 0 unspecified atom stereocenters. The molecule has 29 heavy (non-hydrogen) atoms. The summed E-state index contributed by atoms with van der Waals surface area (Å²) in [5, 5.41) is 11.4. The standard InChI is InChI=1S/C20H19N3O4S2/c1-26-16-5-3-4-14(10-16)11-17(24)21-19-22-23-20(29-19)28-12-13-6-8-15(9-7-13)18(25)27-2/h3-10H,11-12H2,1-2H3,(H,21,22,24). The van der Waals surface area contributed by atoms with Crippen LogP contribution < -0.4 is 10.1 Å². The van der Waals surface area contributed by atoms with Crippen molar-refractivity contribution in [3.05, 3.63) is 65.2 Å². The van der Waals surface area contributed by atoms with E-state index in [0.717, 1.165) is 15.5 Å². The molecular formula is C20H19N3O4S2. The van der Waals surface area contributed by atoms with Gasteiger partial charge in [-0.3, -0.25) is 4.79 Å². The number of rotatable bonds is 8. The van der Waals surface area contributed by atoms with Gasteiger partial charge >= 0.3 is 5.97 Å². The second-order valence-corrected chi connectivity index (χ2v) is 8.13. The number of methoxy groups -OCH3 is 2. The molecular weight excluding hydrogens is 410 g/mol. The second kappa shape index (κ2) is 10.0. The zero-order chi connectivity index (χ0) is 20.6. The molecule has 1 amide bonds. The first kappa shape index (κ1) is 20.8. The van der Waals surface area contributed by atoms with Crippen LogP contribution in [0, 0.1) is 0 Å². The lowest BCUT2D eigenvalue weighted by molar-refractivity contribution is -0.115. The fourth-order valence-corrected chi connectivity index (χ4v) is 4.17. The van der Waals surface area contributed by atoms with Gasteiger partial charge in [-0.2, -0.15) is 0 Å². The van der Waals surface area contributed by atoms with E-state index in [9.17, 15) is 9.59 Å². The zero-order valence-electron chi connectivity index (χ0n) is 15.9. The Hall–Kier alpha value is -2.91. The highest BCUT2D eigenvalue weighted by atomic mass is 32.2. The summed E-state index contributed by atoms with van der Waals surface area (Å²) in [6.45, 7) is 0. The number of carbonyl (C=O) groups is 2. The van der Waals surface area contributed by atoms with Crippen molar-refractivity contribution >= 4 is 40.1 Å². The van der Waals surface area contributed by atoms with E-state index in [-0.39, 0.29) is 18.3 Å². The first-order valence-corrected chi connectivity index (χ1v) is 10.4. The van der Waals surface area contributed by atoms with Crippen molar-refractivity contribution in [3.63, 3.8) is 0 Å². The van der Waals surface area contributed by atoms with E-state index >= 15 is 0 Å². The molecule has 1 aromatic heterocycles. The minimum atomic E-state index is -0.359. The van der Waals surface area contributed by atoms with Gasteiger partial charge in [0.1, 0.15) is 5.75 Å². The van der Waals surface area contributed by atoms with Gasteiger partial charge in [0.2, 0.25) is 11.0 Å². The Labute approximate surface area is 176 Å². The number of carbonyl (C=O) groups excluding carboxylic acids is 2. The maximum Gasteiger partial charge on any atom is 0.337 e. The molecule has 0 saturated carbocycles. The third-order valence-corrected chi connectivity index (χ3v) is 5.93. The molecule has 3 aromatic rings. The Morgan fingerprint density at radius 3 is 2.59 bits per heavy atom. The summed E-state index contributed by atoms with van der Waals surface area (Å²) in [6, 6.07) is 14.6. The molecule has 0 atom stereocenters. The maximum absolute atomic E-state index is 12.2. The molecule has 150 valence electrons. The van der Waals surface area contributed by atoms with E-state index in [4.69, 9.17) is 4.74 Å². The Morgan fingerprint density at radius 1 is 1.07 bits per heavy atom. The monoisotopic (exact) mass is 429 g/mol. The lowest BCUT2D eigenvalue weighted by Gasteiger charge is -2.04. The number of nitrogens with one attached hydrogen (secondary N) is 1. The number of hydrogen-bond acceptors (Lipinski definition) is 8. The minimum absolute atomic E-state index is 0.163. The molecule has 9 heteroatoms. The topological polar surface area (TPSA) is 90.4 Å². The zero-order valence-corrected chi connectivity index (χ0v) is 17.5.